The third-order valence-corrected chi connectivity index (χ3v) is 3.40. The highest BCUT2D eigenvalue weighted by atomic mass is 16.5. The van der Waals surface area contributed by atoms with Crippen molar-refractivity contribution >= 4 is 11.7 Å². The summed E-state index contributed by atoms with van der Waals surface area (Å²) in [4.78, 5) is 18.3. The number of nitrogens with one attached hydrogen (secondary N) is 1. The number of ether oxygens (including phenoxy) is 1. The minimum Gasteiger partial charge on any atom is -0.380 e. The molecule has 1 rings (SSSR count). The monoisotopic (exact) mass is 294 g/mol. The van der Waals surface area contributed by atoms with Gasteiger partial charge in [-0.25, -0.2) is 4.98 Å². The largest absolute Gasteiger partial charge is 0.380 e. The van der Waals surface area contributed by atoms with Crippen LogP contribution in [0.1, 0.15) is 25.8 Å². The summed E-state index contributed by atoms with van der Waals surface area (Å²) in [7, 11) is 1.56. The number of rotatable bonds is 9. The molecule has 1 heterocycles. The zero-order chi connectivity index (χ0) is 15.7. The molecule has 0 saturated heterocycles. The topological polar surface area (TPSA) is 80.5 Å². The molecule has 0 aromatic carbocycles. The number of aromatic nitrogens is 1. The van der Waals surface area contributed by atoms with Gasteiger partial charge in [-0.05, 0) is 25.5 Å². The molecule has 3 N–H and O–H groups in total. The molecule has 1 atom stereocenters. The summed E-state index contributed by atoms with van der Waals surface area (Å²) >= 11 is 0. The molecule has 1 unspecified atom stereocenters. The first-order chi connectivity index (χ1) is 10.1. The van der Waals surface area contributed by atoms with Gasteiger partial charge in [0.25, 0.3) is 0 Å². The fourth-order valence-corrected chi connectivity index (χ4v) is 2.00. The summed E-state index contributed by atoms with van der Waals surface area (Å²) in [6, 6.07) is 3.96. The van der Waals surface area contributed by atoms with E-state index in [1.807, 2.05) is 12.1 Å². The average molecular weight is 294 g/mol. The molecule has 0 aliphatic heterocycles. The molecule has 1 amide bonds. The number of pyridine rings is 1. The molecule has 6 heteroatoms. The molecule has 0 fully saturated rings. The second-order valence-corrected chi connectivity index (χ2v) is 4.77. The van der Waals surface area contributed by atoms with Crippen LogP contribution in [0, 0.1) is 0 Å². The Bertz CT molecular complexity index is 414. The van der Waals surface area contributed by atoms with E-state index in [-0.39, 0.29) is 18.4 Å². The number of nitrogens with two attached hydrogens (primary N) is 1. The lowest BCUT2D eigenvalue weighted by Crippen LogP contribution is -2.32. The molecule has 0 aliphatic carbocycles. The Hall–Kier alpha value is -1.66. The summed E-state index contributed by atoms with van der Waals surface area (Å²) in [5, 5.41) is 2.85. The van der Waals surface area contributed by atoms with Gasteiger partial charge in [-0.1, -0.05) is 6.07 Å². The van der Waals surface area contributed by atoms with Gasteiger partial charge in [0.2, 0.25) is 5.91 Å². The molecule has 0 saturated carbocycles. The number of carbonyl (C=O) groups excluding carboxylic acids is 1. The Morgan fingerprint density at radius 1 is 1.43 bits per heavy atom. The fourth-order valence-electron chi connectivity index (χ4n) is 2.00. The highest BCUT2D eigenvalue weighted by Crippen LogP contribution is 2.10. The Labute approximate surface area is 126 Å². The molecule has 118 valence electrons. The highest BCUT2D eigenvalue weighted by Gasteiger charge is 2.11. The van der Waals surface area contributed by atoms with Crippen molar-refractivity contribution in [3.63, 3.8) is 0 Å². The van der Waals surface area contributed by atoms with Gasteiger partial charge in [0.05, 0.1) is 12.5 Å². The van der Waals surface area contributed by atoms with E-state index in [0.717, 1.165) is 24.5 Å². The van der Waals surface area contributed by atoms with Gasteiger partial charge in [0, 0.05) is 39.5 Å². The normalized spacial score (nSPS) is 12.0. The minimum absolute atomic E-state index is 0.0693. The number of amides is 1. The van der Waals surface area contributed by atoms with Gasteiger partial charge in [0.1, 0.15) is 5.82 Å². The van der Waals surface area contributed by atoms with Crippen LogP contribution in [0.15, 0.2) is 18.3 Å². The maximum Gasteiger partial charge on any atom is 0.222 e. The second kappa shape index (κ2) is 9.31. The first-order valence-corrected chi connectivity index (χ1v) is 7.33. The van der Waals surface area contributed by atoms with Crippen LogP contribution in [0.2, 0.25) is 0 Å². The van der Waals surface area contributed by atoms with Gasteiger partial charge in [-0.2, -0.15) is 0 Å². The fraction of sp³-hybridized carbons (Fsp3) is 0.600. The molecule has 1 aromatic rings. The molecule has 6 nitrogen and oxygen atoms in total. The first-order valence-electron chi connectivity index (χ1n) is 7.33. The van der Waals surface area contributed by atoms with Crippen molar-refractivity contribution in [3.8, 4) is 0 Å². The molecular formula is C15H26N4O2. The molecule has 0 radical (unpaired) electrons. The van der Waals surface area contributed by atoms with E-state index in [0.29, 0.717) is 13.1 Å². The second-order valence-electron chi connectivity index (χ2n) is 4.77. The standard InChI is InChI=1S/C15H26N4O2/c1-4-19(5-2)14-7-6-12(10-17-14)11-18-15(20)8-13(9-16)21-3/h6-7,10,13H,4-5,8-9,11,16H2,1-3H3,(H,18,20). The van der Waals surface area contributed by atoms with E-state index < -0.39 is 0 Å². The summed E-state index contributed by atoms with van der Waals surface area (Å²) < 4.78 is 5.09. The van der Waals surface area contributed by atoms with E-state index in [1.165, 1.54) is 0 Å². The van der Waals surface area contributed by atoms with Crippen molar-refractivity contribution < 1.29 is 9.53 Å². The molecule has 0 spiro atoms. The van der Waals surface area contributed by atoms with Gasteiger partial charge < -0.3 is 20.7 Å². The number of hydrogen-bond acceptors (Lipinski definition) is 5. The minimum atomic E-state index is -0.229. The lowest BCUT2D eigenvalue weighted by molar-refractivity contribution is -0.123. The Balaban J connectivity index is 2.47. The van der Waals surface area contributed by atoms with Gasteiger partial charge >= 0.3 is 0 Å². The highest BCUT2D eigenvalue weighted by molar-refractivity contribution is 5.76. The van der Waals surface area contributed by atoms with Crippen LogP contribution in [0.3, 0.4) is 0 Å². The predicted molar refractivity (Wildman–Crippen MR) is 84.1 cm³/mol. The zero-order valence-electron chi connectivity index (χ0n) is 13.1. The van der Waals surface area contributed by atoms with Crippen molar-refractivity contribution in [1.29, 1.82) is 0 Å². The Kier molecular flexibility index (Phi) is 7.71. The number of anilines is 1. The smallest absolute Gasteiger partial charge is 0.222 e. The molecule has 0 bridgehead atoms. The van der Waals surface area contributed by atoms with Gasteiger partial charge in [-0.15, -0.1) is 0 Å². The predicted octanol–water partition coefficient (Wildman–Crippen LogP) is 0.908. The van der Waals surface area contributed by atoms with E-state index in [1.54, 1.807) is 13.3 Å². The maximum atomic E-state index is 11.7. The quantitative estimate of drug-likeness (QED) is 0.707. The van der Waals surface area contributed by atoms with Crippen LogP contribution in [-0.2, 0) is 16.1 Å². The third kappa shape index (κ3) is 5.69. The third-order valence-electron chi connectivity index (χ3n) is 3.40. The zero-order valence-corrected chi connectivity index (χ0v) is 13.1. The van der Waals surface area contributed by atoms with Crippen LogP contribution < -0.4 is 16.0 Å². The van der Waals surface area contributed by atoms with Crippen molar-refractivity contribution in [2.24, 2.45) is 5.73 Å². The Morgan fingerprint density at radius 2 is 2.14 bits per heavy atom. The lowest BCUT2D eigenvalue weighted by Gasteiger charge is -2.19. The summed E-state index contributed by atoms with van der Waals surface area (Å²) in [6.45, 7) is 6.86. The van der Waals surface area contributed by atoms with E-state index in [4.69, 9.17) is 10.5 Å². The van der Waals surface area contributed by atoms with Crippen LogP contribution in [-0.4, -0.2) is 43.7 Å². The van der Waals surface area contributed by atoms with E-state index in [9.17, 15) is 4.79 Å². The maximum absolute atomic E-state index is 11.7. The SMILES string of the molecule is CCN(CC)c1ccc(CNC(=O)CC(CN)OC)cn1. The summed E-state index contributed by atoms with van der Waals surface area (Å²) in [5.41, 5.74) is 6.46. The molecular weight excluding hydrogens is 268 g/mol. The average Bonchev–Trinajstić information content (AvgIpc) is 2.53. The molecule has 1 aromatic heterocycles. The van der Waals surface area contributed by atoms with E-state index in [2.05, 4.69) is 29.0 Å². The molecule has 21 heavy (non-hydrogen) atoms. The van der Waals surface area contributed by atoms with Crippen LogP contribution in [0.25, 0.3) is 0 Å². The number of nitrogens with zero attached hydrogens (tertiary/aromatic N) is 2. The Morgan fingerprint density at radius 3 is 2.62 bits per heavy atom. The summed E-state index contributed by atoms with van der Waals surface area (Å²) in [5.74, 6) is 0.887. The summed E-state index contributed by atoms with van der Waals surface area (Å²) in [6.07, 6.45) is 1.84. The van der Waals surface area contributed by atoms with Crippen LogP contribution >= 0.6 is 0 Å². The van der Waals surface area contributed by atoms with E-state index >= 15 is 0 Å². The lowest BCUT2D eigenvalue weighted by atomic mass is 10.2. The number of hydrogen-bond donors (Lipinski definition) is 2. The first kappa shape index (κ1) is 17.4. The van der Waals surface area contributed by atoms with Crippen molar-refractivity contribution in [3.05, 3.63) is 23.9 Å². The van der Waals surface area contributed by atoms with Crippen molar-refractivity contribution in [2.45, 2.75) is 32.9 Å². The van der Waals surface area contributed by atoms with Crippen LogP contribution in [0.5, 0.6) is 0 Å². The van der Waals surface area contributed by atoms with Crippen LogP contribution in [0.4, 0.5) is 5.82 Å². The van der Waals surface area contributed by atoms with Crippen molar-refractivity contribution in [1.82, 2.24) is 10.3 Å². The van der Waals surface area contributed by atoms with Crippen molar-refractivity contribution in [2.75, 3.05) is 31.6 Å². The molecule has 0 aliphatic rings. The number of carbonyl (C=O) groups is 1. The van der Waals surface area contributed by atoms with Gasteiger partial charge in [0.15, 0.2) is 0 Å². The van der Waals surface area contributed by atoms with Gasteiger partial charge in [-0.3, -0.25) is 4.79 Å². The number of methoxy groups -OCH3 is 1.